The molecule has 0 spiro atoms. The Kier molecular flexibility index (Phi) is 2.57. The summed E-state index contributed by atoms with van der Waals surface area (Å²) in [4.78, 5) is 15.7. The molecular weight excluding hydrogens is 232 g/mol. The molecule has 1 aromatic carbocycles. The van der Waals surface area contributed by atoms with Gasteiger partial charge in [-0.05, 0) is 25.1 Å². The first kappa shape index (κ1) is 11.5. The van der Waals surface area contributed by atoms with E-state index in [1.165, 1.54) is 13.0 Å². The van der Waals surface area contributed by atoms with Crippen LogP contribution >= 0.6 is 0 Å². The molecule has 0 aromatic heterocycles. The molecule has 0 bridgehead atoms. The number of rotatable bonds is 2. The van der Waals surface area contributed by atoms with Gasteiger partial charge in [-0.25, -0.2) is 13.6 Å². The third kappa shape index (κ3) is 1.98. The van der Waals surface area contributed by atoms with Crippen molar-refractivity contribution in [3.8, 4) is 0 Å². The van der Waals surface area contributed by atoms with Gasteiger partial charge in [0, 0.05) is 12.0 Å². The first-order valence-corrected chi connectivity index (χ1v) is 4.86. The number of hydrogen-bond acceptors (Lipinski definition) is 3. The third-order valence-electron chi connectivity index (χ3n) is 2.57. The van der Waals surface area contributed by atoms with Gasteiger partial charge < -0.3 is 9.94 Å². The summed E-state index contributed by atoms with van der Waals surface area (Å²) in [5, 5.41) is 12.5. The van der Waals surface area contributed by atoms with Crippen LogP contribution in [0.5, 0.6) is 0 Å². The summed E-state index contributed by atoms with van der Waals surface area (Å²) in [6, 6.07) is 3.25. The second-order valence-corrected chi connectivity index (χ2v) is 3.97. The molecule has 1 heterocycles. The maximum Gasteiger partial charge on any atom is 0.351 e. The Morgan fingerprint density at radius 1 is 1.47 bits per heavy atom. The van der Waals surface area contributed by atoms with Crippen molar-refractivity contribution < 1.29 is 23.5 Å². The van der Waals surface area contributed by atoms with E-state index in [2.05, 4.69) is 5.16 Å². The predicted molar refractivity (Wildman–Crippen MR) is 54.6 cm³/mol. The van der Waals surface area contributed by atoms with Crippen LogP contribution in [0.1, 0.15) is 18.9 Å². The summed E-state index contributed by atoms with van der Waals surface area (Å²) in [5.74, 6) is -3.12. The number of nitrogens with zero attached hydrogens (tertiary/aromatic N) is 1. The molecular formula is C11H9F2NO3. The van der Waals surface area contributed by atoms with Gasteiger partial charge in [0.05, 0.1) is 5.71 Å². The molecule has 17 heavy (non-hydrogen) atoms. The van der Waals surface area contributed by atoms with E-state index >= 15 is 0 Å². The summed E-state index contributed by atoms with van der Waals surface area (Å²) in [6.07, 6.45) is 0.00735. The summed E-state index contributed by atoms with van der Waals surface area (Å²) in [7, 11) is 0. The number of aliphatic carboxylic acids is 1. The standard InChI is InChI=1S/C11H9F2NO3/c1-11(10(15)16)5-9(14-17-11)6-2-3-7(12)8(13)4-6/h2-4H,5H2,1H3,(H,15,16). The monoisotopic (exact) mass is 241 g/mol. The van der Waals surface area contributed by atoms with Crippen LogP contribution in [0, 0.1) is 11.6 Å². The van der Waals surface area contributed by atoms with Crippen LogP contribution in [0.2, 0.25) is 0 Å². The Bertz CT molecular complexity index is 515. The molecule has 0 fully saturated rings. The van der Waals surface area contributed by atoms with Crippen LogP contribution < -0.4 is 0 Å². The van der Waals surface area contributed by atoms with E-state index in [0.29, 0.717) is 5.56 Å². The number of benzene rings is 1. The Balaban J connectivity index is 2.26. The highest BCUT2D eigenvalue weighted by molar-refractivity contribution is 6.04. The normalized spacial score (nSPS) is 23.1. The second-order valence-electron chi connectivity index (χ2n) is 3.97. The van der Waals surface area contributed by atoms with Crippen molar-refractivity contribution in [2.75, 3.05) is 0 Å². The molecule has 1 aromatic rings. The van der Waals surface area contributed by atoms with Crippen LogP contribution in [0.4, 0.5) is 8.78 Å². The molecule has 0 amide bonds. The number of halogens is 2. The van der Waals surface area contributed by atoms with Crippen LogP contribution in [-0.4, -0.2) is 22.4 Å². The smallest absolute Gasteiger partial charge is 0.351 e. The summed E-state index contributed by atoms with van der Waals surface area (Å²) in [6.45, 7) is 1.37. The topological polar surface area (TPSA) is 58.9 Å². The van der Waals surface area contributed by atoms with Crippen molar-refractivity contribution in [2.45, 2.75) is 18.9 Å². The zero-order valence-electron chi connectivity index (χ0n) is 8.91. The zero-order valence-corrected chi connectivity index (χ0v) is 8.91. The highest BCUT2D eigenvalue weighted by Gasteiger charge is 2.42. The fourth-order valence-electron chi connectivity index (χ4n) is 1.48. The van der Waals surface area contributed by atoms with E-state index in [-0.39, 0.29) is 12.1 Å². The zero-order chi connectivity index (χ0) is 12.6. The second kappa shape index (κ2) is 3.80. The van der Waals surface area contributed by atoms with Crippen LogP contribution in [-0.2, 0) is 9.63 Å². The van der Waals surface area contributed by atoms with Gasteiger partial charge in [-0.1, -0.05) is 5.16 Å². The average molecular weight is 241 g/mol. The molecule has 0 aliphatic carbocycles. The first-order chi connectivity index (χ1) is 7.92. The lowest BCUT2D eigenvalue weighted by atomic mass is 9.96. The van der Waals surface area contributed by atoms with Gasteiger partial charge in [0.25, 0.3) is 0 Å². The lowest BCUT2D eigenvalue weighted by Crippen LogP contribution is -2.35. The molecule has 6 heteroatoms. The Morgan fingerprint density at radius 3 is 2.71 bits per heavy atom. The van der Waals surface area contributed by atoms with Crippen LogP contribution in [0.3, 0.4) is 0 Å². The molecule has 1 aliphatic heterocycles. The lowest BCUT2D eigenvalue weighted by molar-refractivity contribution is -0.160. The SMILES string of the molecule is CC1(C(=O)O)CC(c2ccc(F)c(F)c2)=NO1. The molecule has 4 nitrogen and oxygen atoms in total. The first-order valence-electron chi connectivity index (χ1n) is 4.86. The van der Waals surface area contributed by atoms with E-state index in [0.717, 1.165) is 12.1 Å². The summed E-state index contributed by atoms with van der Waals surface area (Å²) >= 11 is 0. The quantitative estimate of drug-likeness (QED) is 0.860. The molecule has 0 saturated heterocycles. The van der Waals surface area contributed by atoms with Crippen molar-refractivity contribution in [3.63, 3.8) is 0 Å². The largest absolute Gasteiger partial charge is 0.478 e. The Morgan fingerprint density at radius 2 is 2.18 bits per heavy atom. The predicted octanol–water partition coefficient (Wildman–Crippen LogP) is 1.93. The molecule has 1 aliphatic rings. The molecule has 0 radical (unpaired) electrons. The van der Waals surface area contributed by atoms with Gasteiger partial charge in [0.15, 0.2) is 11.6 Å². The van der Waals surface area contributed by atoms with Gasteiger partial charge in [-0.15, -0.1) is 0 Å². The van der Waals surface area contributed by atoms with E-state index in [1.54, 1.807) is 0 Å². The molecule has 0 saturated carbocycles. The van der Waals surface area contributed by atoms with Crippen LogP contribution in [0.25, 0.3) is 0 Å². The van der Waals surface area contributed by atoms with Gasteiger partial charge >= 0.3 is 5.97 Å². The van der Waals surface area contributed by atoms with Crippen molar-refractivity contribution >= 4 is 11.7 Å². The molecule has 1 unspecified atom stereocenters. The number of carboxylic acid groups (broad SMARTS) is 1. The molecule has 90 valence electrons. The number of carbonyl (C=O) groups is 1. The lowest BCUT2D eigenvalue weighted by Gasteiger charge is -2.14. The average Bonchev–Trinajstić information content (AvgIpc) is 2.67. The van der Waals surface area contributed by atoms with Crippen molar-refractivity contribution in [1.29, 1.82) is 0 Å². The minimum atomic E-state index is -1.44. The van der Waals surface area contributed by atoms with Crippen molar-refractivity contribution in [3.05, 3.63) is 35.4 Å². The summed E-state index contributed by atoms with van der Waals surface area (Å²) < 4.78 is 25.7. The summed E-state index contributed by atoms with van der Waals surface area (Å²) in [5.41, 5.74) is -0.845. The van der Waals surface area contributed by atoms with E-state index in [1.807, 2.05) is 0 Å². The van der Waals surface area contributed by atoms with Crippen molar-refractivity contribution in [2.24, 2.45) is 5.16 Å². The van der Waals surface area contributed by atoms with Gasteiger partial charge in [-0.3, -0.25) is 0 Å². The highest BCUT2D eigenvalue weighted by atomic mass is 19.2. The number of oxime groups is 1. The fourth-order valence-corrected chi connectivity index (χ4v) is 1.48. The minimum Gasteiger partial charge on any atom is -0.478 e. The van der Waals surface area contributed by atoms with E-state index < -0.39 is 23.2 Å². The minimum absolute atomic E-state index is 0.00735. The highest BCUT2D eigenvalue weighted by Crippen LogP contribution is 2.27. The van der Waals surface area contributed by atoms with Gasteiger partial charge in [0.1, 0.15) is 0 Å². The maximum absolute atomic E-state index is 13.0. The Labute approximate surface area is 95.5 Å². The van der Waals surface area contributed by atoms with Gasteiger partial charge in [0.2, 0.25) is 5.60 Å². The van der Waals surface area contributed by atoms with Crippen LogP contribution in [0.15, 0.2) is 23.4 Å². The molecule has 1 atom stereocenters. The van der Waals surface area contributed by atoms with E-state index in [4.69, 9.17) is 9.94 Å². The third-order valence-corrected chi connectivity index (χ3v) is 2.57. The van der Waals surface area contributed by atoms with Crippen molar-refractivity contribution in [1.82, 2.24) is 0 Å². The molecule has 2 rings (SSSR count). The Hall–Kier alpha value is -1.98. The fraction of sp³-hybridized carbons (Fsp3) is 0.273. The number of carboxylic acids is 1. The molecule has 1 N–H and O–H groups in total. The van der Waals surface area contributed by atoms with Gasteiger partial charge in [-0.2, -0.15) is 0 Å². The van der Waals surface area contributed by atoms with E-state index in [9.17, 15) is 13.6 Å². The maximum atomic E-state index is 13.0. The number of hydrogen-bond donors (Lipinski definition) is 1.